The number of benzene rings is 2. The van der Waals surface area contributed by atoms with E-state index in [1.165, 1.54) is 40.7 Å². The summed E-state index contributed by atoms with van der Waals surface area (Å²) < 4.78 is 10.7. The maximum absolute atomic E-state index is 5.65. The SMILES string of the molecule is COCCOc1ccc(C=C(C)c2ccc3c(c2)C(C)(C)CCC3(C)C)cc1. The average molecular weight is 379 g/mol. The Labute approximate surface area is 170 Å². The highest BCUT2D eigenvalue weighted by Crippen LogP contribution is 2.46. The fraction of sp³-hybridized carbons (Fsp3) is 0.462. The van der Waals surface area contributed by atoms with Crippen molar-refractivity contribution in [2.24, 2.45) is 0 Å². The molecule has 0 radical (unpaired) electrons. The quantitative estimate of drug-likeness (QED) is 0.415. The highest BCUT2D eigenvalue weighted by molar-refractivity contribution is 5.80. The van der Waals surface area contributed by atoms with Crippen LogP contribution in [0.2, 0.25) is 0 Å². The van der Waals surface area contributed by atoms with E-state index in [0.717, 1.165) is 5.75 Å². The summed E-state index contributed by atoms with van der Waals surface area (Å²) in [6.45, 7) is 12.9. The summed E-state index contributed by atoms with van der Waals surface area (Å²) in [4.78, 5) is 0. The molecule has 3 rings (SSSR count). The van der Waals surface area contributed by atoms with Gasteiger partial charge in [0.15, 0.2) is 0 Å². The first-order valence-electron chi connectivity index (χ1n) is 10.3. The number of methoxy groups -OCH3 is 1. The smallest absolute Gasteiger partial charge is 0.119 e. The first-order chi connectivity index (χ1) is 13.2. The molecule has 1 aliphatic rings. The summed E-state index contributed by atoms with van der Waals surface area (Å²) in [5.41, 5.74) is 7.31. The summed E-state index contributed by atoms with van der Waals surface area (Å²) in [6, 6.07) is 15.3. The highest BCUT2D eigenvalue weighted by Gasteiger charge is 2.36. The third-order valence-corrected chi connectivity index (χ3v) is 6.13. The van der Waals surface area contributed by atoms with Gasteiger partial charge < -0.3 is 9.47 Å². The molecule has 0 bridgehead atoms. The van der Waals surface area contributed by atoms with E-state index in [-0.39, 0.29) is 10.8 Å². The molecule has 0 saturated carbocycles. The van der Waals surface area contributed by atoms with Crippen molar-refractivity contribution in [3.8, 4) is 5.75 Å². The number of hydrogen-bond acceptors (Lipinski definition) is 2. The average Bonchev–Trinajstić information content (AvgIpc) is 2.67. The zero-order valence-corrected chi connectivity index (χ0v) is 18.3. The summed E-state index contributed by atoms with van der Waals surface area (Å²) in [5.74, 6) is 0.879. The van der Waals surface area contributed by atoms with Gasteiger partial charge in [-0.1, -0.05) is 64.1 Å². The second kappa shape index (κ2) is 8.13. The molecule has 0 amide bonds. The summed E-state index contributed by atoms with van der Waals surface area (Å²) in [5, 5.41) is 0. The van der Waals surface area contributed by atoms with Crippen LogP contribution in [0.1, 0.15) is 69.7 Å². The van der Waals surface area contributed by atoms with Crippen LogP contribution in [0.25, 0.3) is 11.6 Å². The Hall–Kier alpha value is -2.06. The molecule has 150 valence electrons. The van der Waals surface area contributed by atoms with Crippen molar-refractivity contribution in [1.29, 1.82) is 0 Å². The molecular weight excluding hydrogens is 344 g/mol. The van der Waals surface area contributed by atoms with Crippen LogP contribution in [0, 0.1) is 0 Å². The van der Waals surface area contributed by atoms with E-state index in [0.29, 0.717) is 13.2 Å². The van der Waals surface area contributed by atoms with Gasteiger partial charge in [0.05, 0.1) is 6.61 Å². The standard InChI is InChI=1S/C26H34O2/c1-19(17-20-7-10-22(11-8-20)28-16-15-27-6)21-9-12-23-24(18-21)26(4,5)14-13-25(23,2)3/h7-12,17-18H,13-16H2,1-6H3. The molecule has 28 heavy (non-hydrogen) atoms. The van der Waals surface area contributed by atoms with E-state index in [2.05, 4.69) is 71.0 Å². The van der Waals surface area contributed by atoms with Gasteiger partial charge in [-0.25, -0.2) is 0 Å². The van der Waals surface area contributed by atoms with Gasteiger partial charge in [-0.05, 0) is 70.6 Å². The van der Waals surface area contributed by atoms with E-state index in [1.54, 1.807) is 7.11 Å². The predicted octanol–water partition coefficient (Wildman–Crippen LogP) is 6.62. The predicted molar refractivity (Wildman–Crippen MR) is 119 cm³/mol. The number of hydrogen-bond donors (Lipinski definition) is 0. The Balaban J connectivity index is 1.84. The molecule has 0 heterocycles. The third kappa shape index (κ3) is 4.50. The maximum Gasteiger partial charge on any atom is 0.119 e. The summed E-state index contributed by atoms with van der Waals surface area (Å²) >= 11 is 0. The van der Waals surface area contributed by atoms with Crippen LogP contribution < -0.4 is 4.74 Å². The van der Waals surface area contributed by atoms with Gasteiger partial charge in [-0.3, -0.25) is 0 Å². The van der Waals surface area contributed by atoms with Crippen molar-refractivity contribution in [2.75, 3.05) is 20.3 Å². The lowest BCUT2D eigenvalue weighted by Crippen LogP contribution is -2.33. The molecule has 0 fully saturated rings. The van der Waals surface area contributed by atoms with Crippen LogP contribution in [0.5, 0.6) is 5.75 Å². The minimum atomic E-state index is 0.238. The van der Waals surface area contributed by atoms with Crippen LogP contribution in [0.3, 0.4) is 0 Å². The number of rotatable bonds is 6. The van der Waals surface area contributed by atoms with Crippen LogP contribution in [-0.2, 0) is 15.6 Å². The van der Waals surface area contributed by atoms with Crippen LogP contribution >= 0.6 is 0 Å². The second-order valence-electron chi connectivity index (χ2n) is 9.27. The number of allylic oxidation sites excluding steroid dienone is 1. The molecule has 0 spiro atoms. The largest absolute Gasteiger partial charge is 0.491 e. The fourth-order valence-electron chi connectivity index (χ4n) is 4.07. The van der Waals surface area contributed by atoms with E-state index >= 15 is 0 Å². The van der Waals surface area contributed by atoms with Gasteiger partial charge in [0.2, 0.25) is 0 Å². The van der Waals surface area contributed by atoms with Gasteiger partial charge in [-0.2, -0.15) is 0 Å². The van der Waals surface area contributed by atoms with Gasteiger partial charge in [0.1, 0.15) is 12.4 Å². The molecule has 2 aromatic carbocycles. The van der Waals surface area contributed by atoms with E-state index in [1.807, 2.05) is 12.1 Å². The second-order valence-corrected chi connectivity index (χ2v) is 9.27. The molecule has 2 aromatic rings. The van der Waals surface area contributed by atoms with Crippen LogP contribution in [0.15, 0.2) is 42.5 Å². The Kier molecular flexibility index (Phi) is 6.00. The number of fused-ring (bicyclic) bond motifs is 1. The molecule has 2 heteroatoms. The van der Waals surface area contributed by atoms with Crippen molar-refractivity contribution < 1.29 is 9.47 Å². The maximum atomic E-state index is 5.65. The molecule has 0 saturated heterocycles. The molecular formula is C26H34O2. The third-order valence-electron chi connectivity index (χ3n) is 6.13. The Morgan fingerprint density at radius 2 is 1.54 bits per heavy atom. The Morgan fingerprint density at radius 3 is 2.18 bits per heavy atom. The topological polar surface area (TPSA) is 18.5 Å². The zero-order chi connectivity index (χ0) is 20.4. The lowest BCUT2D eigenvalue weighted by atomic mass is 9.63. The first kappa shape index (κ1) is 20.7. The molecule has 0 aromatic heterocycles. The minimum absolute atomic E-state index is 0.238. The fourth-order valence-corrected chi connectivity index (χ4v) is 4.07. The van der Waals surface area contributed by atoms with E-state index < -0.39 is 0 Å². The van der Waals surface area contributed by atoms with E-state index in [4.69, 9.17) is 9.47 Å². The van der Waals surface area contributed by atoms with Gasteiger partial charge in [0, 0.05) is 7.11 Å². The van der Waals surface area contributed by atoms with Crippen molar-refractivity contribution in [2.45, 2.75) is 58.3 Å². The lowest BCUT2D eigenvalue weighted by molar-refractivity contribution is 0.146. The number of ether oxygens (including phenoxy) is 2. The molecule has 0 aliphatic heterocycles. The highest BCUT2D eigenvalue weighted by atomic mass is 16.5. The van der Waals surface area contributed by atoms with Crippen molar-refractivity contribution in [1.82, 2.24) is 0 Å². The molecule has 0 unspecified atom stereocenters. The minimum Gasteiger partial charge on any atom is -0.491 e. The van der Waals surface area contributed by atoms with Crippen LogP contribution in [0.4, 0.5) is 0 Å². The summed E-state index contributed by atoms with van der Waals surface area (Å²) in [6.07, 6.45) is 4.74. The van der Waals surface area contributed by atoms with Crippen molar-refractivity contribution in [3.05, 3.63) is 64.7 Å². The zero-order valence-electron chi connectivity index (χ0n) is 18.3. The molecule has 1 aliphatic carbocycles. The molecule has 0 atom stereocenters. The van der Waals surface area contributed by atoms with Gasteiger partial charge in [-0.15, -0.1) is 0 Å². The Morgan fingerprint density at radius 1 is 0.893 bits per heavy atom. The van der Waals surface area contributed by atoms with Crippen LogP contribution in [-0.4, -0.2) is 20.3 Å². The van der Waals surface area contributed by atoms with Gasteiger partial charge in [0.25, 0.3) is 0 Å². The molecule has 2 nitrogen and oxygen atoms in total. The summed E-state index contributed by atoms with van der Waals surface area (Å²) in [7, 11) is 1.68. The molecule has 0 N–H and O–H groups in total. The van der Waals surface area contributed by atoms with Crippen molar-refractivity contribution >= 4 is 11.6 Å². The first-order valence-corrected chi connectivity index (χ1v) is 10.3. The monoisotopic (exact) mass is 378 g/mol. The Bertz CT molecular complexity index is 841. The van der Waals surface area contributed by atoms with E-state index in [9.17, 15) is 0 Å². The van der Waals surface area contributed by atoms with Crippen molar-refractivity contribution in [3.63, 3.8) is 0 Å². The van der Waals surface area contributed by atoms with Gasteiger partial charge >= 0.3 is 0 Å². The lowest BCUT2D eigenvalue weighted by Gasteiger charge is -2.42. The normalized spacial score (nSPS) is 17.9.